The molecule has 4 nitrogen and oxygen atoms in total. The zero-order valence-corrected chi connectivity index (χ0v) is 37.0. The number of halogens is 1. The van der Waals surface area contributed by atoms with Crippen LogP contribution >= 0.6 is 15.9 Å². The molecule has 10 aromatic carbocycles. The topological polar surface area (TPSA) is 64.3 Å². The van der Waals surface area contributed by atoms with Crippen molar-refractivity contribution in [1.29, 1.82) is 0 Å². The Bertz CT molecular complexity index is 3520. The van der Waals surface area contributed by atoms with Crippen molar-refractivity contribution in [3.63, 3.8) is 0 Å². The summed E-state index contributed by atoms with van der Waals surface area (Å²) in [5.41, 5.74) is 21.6. The summed E-state index contributed by atoms with van der Waals surface area (Å²) in [5, 5.41) is 8.16. The highest BCUT2D eigenvalue weighted by molar-refractivity contribution is 9.10. The molecule has 0 amide bonds. The first-order valence-electron chi connectivity index (χ1n) is 21.5. The number of hydrogen-bond acceptors (Lipinski definition) is 4. The Morgan fingerprint density at radius 3 is 1.28 bits per heavy atom. The third-order valence-electron chi connectivity index (χ3n) is 11.4. The Balaban J connectivity index is 0.000000128. The summed E-state index contributed by atoms with van der Waals surface area (Å²) in [4.78, 5) is 0. The number of fused-ring (bicyclic) bond motifs is 6. The van der Waals surface area contributed by atoms with Crippen LogP contribution in [-0.2, 0) is 0 Å². The van der Waals surface area contributed by atoms with Gasteiger partial charge in [0.15, 0.2) is 0 Å². The number of nitrogens with two attached hydrogens (primary N) is 1. The van der Waals surface area contributed by atoms with Crippen LogP contribution in [-0.4, -0.2) is 0 Å². The van der Waals surface area contributed by atoms with E-state index < -0.39 is 0 Å². The minimum Gasteiger partial charge on any atom is -0.455 e. The maximum atomic E-state index is 6.23. The van der Waals surface area contributed by atoms with Crippen molar-refractivity contribution in [1.82, 2.24) is 0 Å². The van der Waals surface area contributed by atoms with Crippen molar-refractivity contribution in [3.8, 4) is 44.5 Å². The van der Waals surface area contributed by atoms with Gasteiger partial charge in [0.2, 0.25) is 0 Å². The van der Waals surface area contributed by atoms with Gasteiger partial charge >= 0.3 is 0 Å². The predicted octanol–water partition coefficient (Wildman–Crippen LogP) is 17.6. The van der Waals surface area contributed by atoms with Crippen molar-refractivity contribution in [3.05, 3.63) is 247 Å². The quantitative estimate of drug-likeness (QED) is 0.163. The van der Waals surface area contributed by atoms with Gasteiger partial charge in [-0.2, -0.15) is 0 Å². The third kappa shape index (κ3) is 9.05. The lowest BCUT2D eigenvalue weighted by Crippen LogP contribution is -1.91. The largest absolute Gasteiger partial charge is 0.455 e. The van der Waals surface area contributed by atoms with Gasteiger partial charge in [0, 0.05) is 54.2 Å². The molecule has 0 aliphatic carbocycles. The average molecular weight is 904 g/mol. The van der Waals surface area contributed by atoms with Crippen LogP contribution in [0.15, 0.2) is 256 Å². The van der Waals surface area contributed by atoms with Gasteiger partial charge in [-0.05, 0) is 94.0 Å². The number of para-hydroxylation sites is 4. The molecule has 5 heteroatoms. The van der Waals surface area contributed by atoms with Gasteiger partial charge in [0.25, 0.3) is 0 Å². The van der Waals surface area contributed by atoms with E-state index in [1.54, 1.807) is 0 Å². The summed E-state index contributed by atoms with van der Waals surface area (Å²) < 4.78 is 13.4. The number of furan rings is 2. The second-order valence-corrected chi connectivity index (χ2v) is 16.6. The molecule has 0 unspecified atom stereocenters. The van der Waals surface area contributed by atoms with Crippen molar-refractivity contribution in [2.75, 3.05) is 11.1 Å². The molecule has 0 atom stereocenters. The van der Waals surface area contributed by atoms with Gasteiger partial charge in [0.05, 0.1) is 0 Å². The number of benzene rings is 10. The summed E-state index contributed by atoms with van der Waals surface area (Å²) >= 11 is 3.53. The van der Waals surface area contributed by atoms with Crippen molar-refractivity contribution in [2.45, 2.75) is 0 Å². The van der Waals surface area contributed by atoms with Crippen LogP contribution < -0.4 is 11.1 Å². The van der Waals surface area contributed by atoms with Crippen molar-refractivity contribution in [2.24, 2.45) is 0 Å². The lowest BCUT2D eigenvalue weighted by Gasteiger charge is -2.10. The van der Waals surface area contributed by atoms with Crippen LogP contribution in [0.1, 0.15) is 0 Å². The maximum Gasteiger partial charge on any atom is 0.143 e. The molecule has 0 fully saturated rings. The van der Waals surface area contributed by atoms with Crippen LogP contribution in [0.25, 0.3) is 88.4 Å². The first kappa shape index (κ1) is 40.9. The summed E-state index contributed by atoms with van der Waals surface area (Å²) in [7, 11) is 0. The lowest BCUT2D eigenvalue weighted by molar-refractivity contribution is 0.669. The minimum atomic E-state index is 0.805. The Hall–Kier alpha value is -8.12. The number of nitrogens with one attached hydrogen (secondary N) is 1. The molecular weight excluding hydrogens is 861 g/mol. The zero-order valence-electron chi connectivity index (χ0n) is 35.4. The third-order valence-corrected chi connectivity index (χ3v) is 11.9. The molecule has 3 N–H and O–H groups in total. The maximum absolute atomic E-state index is 6.23. The lowest BCUT2D eigenvalue weighted by atomic mass is 10.0. The van der Waals surface area contributed by atoms with Gasteiger partial charge in [0.1, 0.15) is 22.3 Å². The van der Waals surface area contributed by atoms with E-state index in [1.807, 2.05) is 91.0 Å². The number of rotatable bonds is 6. The van der Waals surface area contributed by atoms with E-state index in [2.05, 4.69) is 173 Å². The van der Waals surface area contributed by atoms with Crippen LogP contribution in [0.3, 0.4) is 0 Å². The first-order chi connectivity index (χ1) is 32.0. The molecule has 0 radical (unpaired) electrons. The van der Waals surface area contributed by atoms with E-state index in [-0.39, 0.29) is 0 Å². The normalized spacial score (nSPS) is 10.9. The fourth-order valence-corrected chi connectivity index (χ4v) is 8.62. The predicted molar refractivity (Wildman–Crippen MR) is 277 cm³/mol. The van der Waals surface area contributed by atoms with Crippen LogP contribution in [0.5, 0.6) is 0 Å². The van der Waals surface area contributed by atoms with E-state index in [0.29, 0.717) is 0 Å². The van der Waals surface area contributed by atoms with Crippen molar-refractivity contribution >= 4 is 76.9 Å². The molecule has 0 spiro atoms. The van der Waals surface area contributed by atoms with E-state index in [1.165, 1.54) is 27.6 Å². The van der Waals surface area contributed by atoms with Gasteiger partial charge in [-0.1, -0.05) is 198 Å². The molecular formula is C60H43BrN2O2. The standard InChI is InChI=1S/C30H21NO.C18H11BrO.C12H11N/c1-2-8-21(9-3-1)22-16-18-24(19-17-22)31-25-11-6-10-23(20-25)26-13-7-14-28-27-12-4-5-15-29(27)32-30(26)28;19-13-6-3-5-12(11-13)14-8-4-9-16-15-7-1-2-10-17(15)20-18(14)16;13-12-8-6-11(7-9-12)10-4-2-1-3-5-10/h1-20,31H;1-11H;1-9H,13H2. The van der Waals surface area contributed by atoms with Gasteiger partial charge in [-0.25, -0.2) is 0 Å². The van der Waals surface area contributed by atoms with Crippen LogP contribution in [0, 0.1) is 0 Å². The highest BCUT2D eigenvalue weighted by atomic mass is 79.9. The van der Waals surface area contributed by atoms with E-state index in [4.69, 9.17) is 14.6 Å². The Labute approximate surface area is 386 Å². The molecule has 12 rings (SSSR count). The van der Waals surface area contributed by atoms with Gasteiger partial charge < -0.3 is 19.9 Å². The van der Waals surface area contributed by atoms with E-state index >= 15 is 0 Å². The summed E-state index contributed by atoms with van der Waals surface area (Å²) in [6, 6.07) is 82.9. The Morgan fingerprint density at radius 2 is 0.738 bits per heavy atom. The molecule has 0 saturated carbocycles. The van der Waals surface area contributed by atoms with Crippen LogP contribution in [0.2, 0.25) is 0 Å². The van der Waals surface area contributed by atoms with Gasteiger partial charge in [-0.15, -0.1) is 0 Å². The summed E-state index contributed by atoms with van der Waals surface area (Å²) in [5.74, 6) is 0. The SMILES string of the molecule is Brc1cccc(-c2cccc3c2oc2ccccc23)c1.Nc1ccc(-c2ccccc2)cc1.c1ccc(-c2ccc(Nc3cccc(-c4cccc5c4oc4ccccc45)c3)cc2)cc1. The highest BCUT2D eigenvalue weighted by Crippen LogP contribution is 2.38. The summed E-state index contributed by atoms with van der Waals surface area (Å²) in [6.07, 6.45) is 0. The monoisotopic (exact) mass is 902 g/mol. The molecule has 0 saturated heterocycles. The number of anilines is 3. The molecule has 0 aliphatic rings. The molecule has 65 heavy (non-hydrogen) atoms. The molecule has 0 aliphatic heterocycles. The Morgan fingerprint density at radius 1 is 0.323 bits per heavy atom. The van der Waals surface area contributed by atoms with Crippen molar-refractivity contribution < 1.29 is 8.83 Å². The Kier molecular flexibility index (Phi) is 11.8. The first-order valence-corrected chi connectivity index (χ1v) is 22.3. The zero-order chi connectivity index (χ0) is 44.0. The highest BCUT2D eigenvalue weighted by Gasteiger charge is 2.13. The molecule has 0 bridgehead atoms. The van der Waals surface area contributed by atoms with Gasteiger partial charge in [-0.3, -0.25) is 0 Å². The number of hydrogen-bond donors (Lipinski definition) is 2. The van der Waals surface area contributed by atoms with E-state index in [9.17, 15) is 0 Å². The molecule has 2 heterocycles. The smallest absolute Gasteiger partial charge is 0.143 e. The fourth-order valence-electron chi connectivity index (χ4n) is 8.22. The summed E-state index contributed by atoms with van der Waals surface area (Å²) in [6.45, 7) is 0. The second-order valence-electron chi connectivity index (χ2n) is 15.7. The number of nitrogen functional groups attached to an aromatic ring is 1. The molecule has 12 aromatic rings. The average Bonchev–Trinajstić information content (AvgIpc) is 3.95. The van der Waals surface area contributed by atoms with Crippen LogP contribution in [0.4, 0.5) is 17.1 Å². The fraction of sp³-hybridized carbons (Fsp3) is 0. The second kappa shape index (κ2) is 18.7. The minimum absolute atomic E-state index is 0.805. The molecule has 2 aromatic heterocycles. The van der Waals surface area contributed by atoms with E-state index in [0.717, 1.165) is 82.3 Å². The molecule has 312 valence electrons.